The summed E-state index contributed by atoms with van der Waals surface area (Å²) in [7, 11) is 1.87. The zero-order valence-electron chi connectivity index (χ0n) is 16.0. The zero-order chi connectivity index (χ0) is 19.9. The van der Waals surface area contributed by atoms with Crippen LogP contribution in [0.3, 0.4) is 0 Å². The topological polar surface area (TPSA) is 117 Å². The highest BCUT2D eigenvalue weighted by Gasteiger charge is 2.23. The van der Waals surface area contributed by atoms with Crippen LogP contribution in [-0.2, 0) is 0 Å². The molecular weight excluding hydrogens is 362 g/mol. The number of nitrogens with zero attached hydrogens (tertiary/aromatic N) is 1. The molecule has 0 aliphatic carbocycles. The number of carbonyl (C=O) groups is 2. The summed E-state index contributed by atoms with van der Waals surface area (Å²) < 4.78 is 11.1. The number of amides is 2. The summed E-state index contributed by atoms with van der Waals surface area (Å²) in [4.78, 5) is 25.3. The van der Waals surface area contributed by atoms with Gasteiger partial charge in [-0.05, 0) is 38.6 Å². The molecule has 1 aromatic carbocycles. The molecule has 2 amide bonds. The first-order valence-corrected chi connectivity index (χ1v) is 9.33. The van der Waals surface area contributed by atoms with Crippen LogP contribution in [0.15, 0.2) is 24.4 Å². The highest BCUT2D eigenvalue weighted by molar-refractivity contribution is 6.09. The lowest BCUT2D eigenvalue weighted by molar-refractivity contribution is 0.0930. The van der Waals surface area contributed by atoms with Gasteiger partial charge in [0, 0.05) is 12.2 Å². The fourth-order valence-corrected chi connectivity index (χ4v) is 2.95. The van der Waals surface area contributed by atoms with E-state index in [2.05, 4.69) is 26.1 Å². The van der Waals surface area contributed by atoms with Crippen molar-refractivity contribution in [3.8, 4) is 11.5 Å². The van der Waals surface area contributed by atoms with E-state index in [1.807, 2.05) is 14.0 Å². The molecule has 2 heterocycles. The molecule has 0 saturated carbocycles. The minimum atomic E-state index is -0.403. The van der Waals surface area contributed by atoms with Gasteiger partial charge in [0.1, 0.15) is 13.2 Å². The molecule has 1 unspecified atom stereocenters. The van der Waals surface area contributed by atoms with Gasteiger partial charge in [0.05, 0.1) is 11.3 Å². The average Bonchev–Trinajstić information content (AvgIpc) is 3.18. The van der Waals surface area contributed by atoms with Crippen LogP contribution in [0.5, 0.6) is 11.5 Å². The SMILES string of the molecule is CCC(CCNC)NC(=O)c1n[nH]cc1NC(=O)c1cccc2c1OCCO2. The number of carbonyl (C=O) groups excluding carboxylic acids is 2. The third-order valence-corrected chi connectivity index (χ3v) is 4.49. The fraction of sp³-hybridized carbons (Fsp3) is 0.421. The Bertz CT molecular complexity index is 835. The second-order valence-corrected chi connectivity index (χ2v) is 6.40. The largest absolute Gasteiger partial charge is 0.486 e. The number of H-pyrrole nitrogens is 1. The lowest BCUT2D eigenvalue weighted by Crippen LogP contribution is -2.36. The number of benzene rings is 1. The van der Waals surface area contributed by atoms with E-state index in [1.54, 1.807) is 18.2 Å². The molecule has 0 radical (unpaired) electrons. The summed E-state index contributed by atoms with van der Waals surface area (Å²) in [6.07, 6.45) is 3.08. The van der Waals surface area contributed by atoms with Crippen LogP contribution in [0, 0.1) is 0 Å². The van der Waals surface area contributed by atoms with Gasteiger partial charge in [-0.2, -0.15) is 5.10 Å². The van der Waals surface area contributed by atoms with Gasteiger partial charge in [-0.3, -0.25) is 14.7 Å². The lowest BCUT2D eigenvalue weighted by atomic mass is 10.1. The van der Waals surface area contributed by atoms with Gasteiger partial charge in [-0.15, -0.1) is 0 Å². The Kier molecular flexibility index (Phi) is 6.49. The first-order chi connectivity index (χ1) is 13.6. The maximum atomic E-state index is 12.8. The van der Waals surface area contributed by atoms with E-state index in [0.29, 0.717) is 36.0 Å². The van der Waals surface area contributed by atoms with Crippen LogP contribution >= 0.6 is 0 Å². The van der Waals surface area contributed by atoms with E-state index in [-0.39, 0.29) is 17.6 Å². The highest BCUT2D eigenvalue weighted by atomic mass is 16.6. The van der Waals surface area contributed by atoms with Crippen molar-refractivity contribution in [3.63, 3.8) is 0 Å². The Morgan fingerprint density at radius 1 is 1.25 bits per heavy atom. The Morgan fingerprint density at radius 2 is 2.07 bits per heavy atom. The molecule has 1 atom stereocenters. The van der Waals surface area contributed by atoms with Gasteiger partial charge < -0.3 is 25.4 Å². The summed E-state index contributed by atoms with van der Waals surface area (Å²) in [6.45, 7) is 3.62. The molecule has 0 fully saturated rings. The van der Waals surface area contributed by atoms with Crippen molar-refractivity contribution in [3.05, 3.63) is 35.7 Å². The summed E-state index contributed by atoms with van der Waals surface area (Å²) in [6, 6.07) is 5.14. The minimum absolute atomic E-state index is 0.0203. The second kappa shape index (κ2) is 9.23. The van der Waals surface area contributed by atoms with Crippen LogP contribution < -0.4 is 25.4 Å². The standard InChI is InChI=1S/C19H25N5O4/c1-3-12(7-8-20-2)22-19(26)16-14(11-21-24-16)23-18(25)13-5-4-6-15-17(13)28-10-9-27-15/h4-6,11-12,20H,3,7-10H2,1-2H3,(H,21,24)(H,22,26)(H,23,25). The van der Waals surface area contributed by atoms with Crippen molar-refractivity contribution >= 4 is 17.5 Å². The van der Waals surface area contributed by atoms with E-state index in [1.165, 1.54) is 6.20 Å². The Labute approximate surface area is 163 Å². The highest BCUT2D eigenvalue weighted by Crippen LogP contribution is 2.34. The average molecular weight is 387 g/mol. The van der Waals surface area contributed by atoms with E-state index >= 15 is 0 Å². The predicted octanol–water partition coefficient (Wildman–Crippen LogP) is 1.55. The Hall–Kier alpha value is -3.07. The second-order valence-electron chi connectivity index (χ2n) is 6.40. The number of anilines is 1. The van der Waals surface area contributed by atoms with Gasteiger partial charge in [-0.25, -0.2) is 0 Å². The molecule has 1 aliphatic rings. The van der Waals surface area contributed by atoms with Gasteiger partial charge in [-0.1, -0.05) is 13.0 Å². The van der Waals surface area contributed by atoms with E-state index in [0.717, 1.165) is 19.4 Å². The quantitative estimate of drug-likeness (QED) is 0.546. The number of hydrogen-bond acceptors (Lipinski definition) is 6. The summed E-state index contributed by atoms with van der Waals surface area (Å²) in [5, 5.41) is 15.4. The number of ether oxygens (including phenoxy) is 2. The molecule has 1 aromatic heterocycles. The van der Waals surface area contributed by atoms with E-state index < -0.39 is 5.91 Å². The molecule has 150 valence electrons. The fourth-order valence-electron chi connectivity index (χ4n) is 2.95. The number of hydrogen-bond donors (Lipinski definition) is 4. The molecule has 1 aliphatic heterocycles. The lowest BCUT2D eigenvalue weighted by Gasteiger charge is -2.20. The monoisotopic (exact) mass is 387 g/mol. The molecule has 0 bridgehead atoms. The van der Waals surface area contributed by atoms with Crippen molar-refractivity contribution < 1.29 is 19.1 Å². The van der Waals surface area contributed by atoms with Crippen LogP contribution in [0.1, 0.15) is 40.6 Å². The summed E-state index contributed by atoms with van der Waals surface area (Å²) in [5.74, 6) is 0.187. The third kappa shape index (κ3) is 4.42. The van der Waals surface area contributed by atoms with Gasteiger partial charge in [0.15, 0.2) is 17.2 Å². The number of aromatic amines is 1. The van der Waals surface area contributed by atoms with Gasteiger partial charge in [0.2, 0.25) is 0 Å². The van der Waals surface area contributed by atoms with Crippen LogP contribution in [0.25, 0.3) is 0 Å². The zero-order valence-corrected chi connectivity index (χ0v) is 16.0. The Balaban J connectivity index is 1.72. The van der Waals surface area contributed by atoms with Crippen LogP contribution in [0.2, 0.25) is 0 Å². The van der Waals surface area contributed by atoms with Crippen LogP contribution in [0.4, 0.5) is 5.69 Å². The molecule has 28 heavy (non-hydrogen) atoms. The number of rotatable bonds is 8. The normalized spacial score (nSPS) is 13.6. The van der Waals surface area contributed by atoms with Crippen molar-refractivity contribution in [1.29, 1.82) is 0 Å². The van der Waals surface area contributed by atoms with E-state index in [9.17, 15) is 9.59 Å². The van der Waals surface area contributed by atoms with Crippen molar-refractivity contribution in [2.75, 3.05) is 32.1 Å². The maximum absolute atomic E-state index is 12.8. The van der Waals surface area contributed by atoms with Crippen molar-refractivity contribution in [1.82, 2.24) is 20.8 Å². The molecule has 3 rings (SSSR count). The number of fused-ring (bicyclic) bond motifs is 1. The summed E-state index contributed by atoms with van der Waals surface area (Å²) in [5.41, 5.74) is 0.781. The van der Waals surface area contributed by atoms with Crippen molar-refractivity contribution in [2.45, 2.75) is 25.8 Å². The van der Waals surface area contributed by atoms with Crippen LogP contribution in [-0.4, -0.2) is 54.9 Å². The molecule has 9 nitrogen and oxygen atoms in total. The summed E-state index contributed by atoms with van der Waals surface area (Å²) >= 11 is 0. The van der Waals surface area contributed by atoms with E-state index in [4.69, 9.17) is 9.47 Å². The third-order valence-electron chi connectivity index (χ3n) is 4.49. The first kappa shape index (κ1) is 19.7. The Morgan fingerprint density at radius 3 is 2.86 bits per heavy atom. The molecule has 9 heteroatoms. The molecule has 4 N–H and O–H groups in total. The number of nitrogens with one attached hydrogen (secondary N) is 4. The maximum Gasteiger partial charge on any atom is 0.274 e. The minimum Gasteiger partial charge on any atom is -0.486 e. The molecule has 0 spiro atoms. The predicted molar refractivity (Wildman–Crippen MR) is 104 cm³/mol. The molecule has 2 aromatic rings. The van der Waals surface area contributed by atoms with Crippen molar-refractivity contribution in [2.24, 2.45) is 0 Å². The number of para-hydroxylation sites is 1. The first-order valence-electron chi connectivity index (χ1n) is 9.33. The smallest absolute Gasteiger partial charge is 0.274 e. The molecular formula is C19H25N5O4. The number of aromatic nitrogens is 2. The van der Waals surface area contributed by atoms with Gasteiger partial charge >= 0.3 is 0 Å². The molecule has 0 saturated heterocycles. The van der Waals surface area contributed by atoms with Gasteiger partial charge in [0.25, 0.3) is 11.8 Å².